The van der Waals surface area contributed by atoms with Crippen LogP contribution in [0.2, 0.25) is 0 Å². The van der Waals surface area contributed by atoms with Crippen molar-refractivity contribution >= 4 is 5.69 Å². The van der Waals surface area contributed by atoms with Crippen LogP contribution in [0.5, 0.6) is 5.75 Å². The van der Waals surface area contributed by atoms with Gasteiger partial charge < -0.3 is 15.0 Å². The number of benzene rings is 1. The van der Waals surface area contributed by atoms with Crippen LogP contribution in [-0.4, -0.2) is 57.3 Å². The Morgan fingerprint density at radius 3 is 2.67 bits per heavy atom. The van der Waals surface area contributed by atoms with E-state index in [9.17, 15) is 0 Å². The molecule has 1 N–H and O–H groups in total. The smallest absolute Gasteiger partial charge is 0.120 e. The minimum atomic E-state index is 0.617. The largest absolute Gasteiger partial charge is 0.497 e. The maximum absolute atomic E-state index is 5.31. The highest BCUT2D eigenvalue weighted by Gasteiger charge is 2.17. The van der Waals surface area contributed by atoms with Gasteiger partial charge in [-0.2, -0.15) is 0 Å². The molecule has 4 heteroatoms. The minimum Gasteiger partial charge on any atom is -0.497 e. The molecule has 1 aliphatic heterocycles. The molecule has 1 atom stereocenters. The average Bonchev–Trinajstić information content (AvgIpc) is 2.54. The second-order valence-corrected chi connectivity index (χ2v) is 5.78. The fourth-order valence-electron chi connectivity index (χ4n) is 2.86. The van der Waals surface area contributed by atoms with Crippen molar-refractivity contribution in [3.8, 4) is 5.75 Å². The molecule has 0 bridgehead atoms. The lowest BCUT2D eigenvalue weighted by molar-refractivity contribution is 0.245. The predicted molar refractivity (Wildman–Crippen MR) is 89.4 cm³/mol. The van der Waals surface area contributed by atoms with Crippen LogP contribution in [-0.2, 0) is 0 Å². The lowest BCUT2D eigenvalue weighted by Crippen LogP contribution is -2.47. The molecule has 0 amide bonds. The van der Waals surface area contributed by atoms with Gasteiger partial charge in [0.15, 0.2) is 0 Å². The predicted octanol–water partition coefficient (Wildman–Crippen LogP) is 2.21. The van der Waals surface area contributed by atoms with Gasteiger partial charge in [0.2, 0.25) is 0 Å². The molecule has 1 aromatic rings. The van der Waals surface area contributed by atoms with Crippen molar-refractivity contribution in [2.75, 3.05) is 51.3 Å². The summed E-state index contributed by atoms with van der Waals surface area (Å²) in [6.07, 6.45) is 1.23. The summed E-state index contributed by atoms with van der Waals surface area (Å²) >= 11 is 0. The summed E-state index contributed by atoms with van der Waals surface area (Å²) in [6, 6.07) is 8.99. The first-order valence-corrected chi connectivity index (χ1v) is 8.07. The van der Waals surface area contributed by atoms with E-state index in [1.54, 1.807) is 7.11 Å². The Bertz CT molecular complexity index is 416. The number of hydrogen-bond donors (Lipinski definition) is 1. The number of nitrogens with one attached hydrogen (secondary N) is 1. The van der Waals surface area contributed by atoms with Gasteiger partial charge in [-0.15, -0.1) is 0 Å². The number of rotatable bonds is 7. The van der Waals surface area contributed by atoms with Crippen molar-refractivity contribution in [3.63, 3.8) is 0 Å². The molecule has 4 nitrogen and oxygen atoms in total. The summed E-state index contributed by atoms with van der Waals surface area (Å²) in [5.74, 6) is 0.939. The Morgan fingerprint density at radius 2 is 2.00 bits per heavy atom. The molecule has 1 heterocycles. The molecule has 0 aromatic heterocycles. The zero-order valence-electron chi connectivity index (χ0n) is 13.6. The standard InChI is InChI=1S/C17H29N3O/c1-4-18-15(2)8-9-19-10-12-20(13-11-19)16-6-5-7-17(14-16)21-3/h5-7,14-15,18H,4,8-13H2,1-3H3. The first kappa shape index (κ1) is 16.1. The second-order valence-electron chi connectivity index (χ2n) is 5.78. The van der Waals surface area contributed by atoms with Crippen molar-refractivity contribution in [1.29, 1.82) is 0 Å². The Morgan fingerprint density at radius 1 is 1.24 bits per heavy atom. The van der Waals surface area contributed by atoms with E-state index < -0.39 is 0 Å². The maximum atomic E-state index is 5.31. The molecule has 1 aromatic carbocycles. The summed E-state index contributed by atoms with van der Waals surface area (Å²) in [7, 11) is 1.72. The molecular weight excluding hydrogens is 262 g/mol. The number of ether oxygens (including phenoxy) is 1. The van der Waals surface area contributed by atoms with Crippen LogP contribution in [0.3, 0.4) is 0 Å². The van der Waals surface area contributed by atoms with Gasteiger partial charge in [0.05, 0.1) is 7.11 Å². The zero-order chi connectivity index (χ0) is 15.1. The van der Waals surface area contributed by atoms with Crippen LogP contribution < -0.4 is 15.0 Å². The second kappa shape index (κ2) is 8.25. The highest BCUT2D eigenvalue weighted by molar-refractivity contribution is 5.51. The number of anilines is 1. The molecule has 0 saturated carbocycles. The van der Waals surface area contributed by atoms with E-state index in [-0.39, 0.29) is 0 Å². The maximum Gasteiger partial charge on any atom is 0.120 e. The summed E-state index contributed by atoms with van der Waals surface area (Å²) in [6.45, 7) is 11.2. The van der Waals surface area contributed by atoms with Crippen LogP contribution in [0.15, 0.2) is 24.3 Å². The van der Waals surface area contributed by atoms with Crippen LogP contribution in [0, 0.1) is 0 Å². The molecule has 0 aliphatic carbocycles. The van der Waals surface area contributed by atoms with Crippen molar-refractivity contribution in [2.45, 2.75) is 26.3 Å². The highest BCUT2D eigenvalue weighted by atomic mass is 16.5. The van der Waals surface area contributed by atoms with Gasteiger partial charge in [-0.1, -0.05) is 13.0 Å². The Labute approximate surface area is 129 Å². The summed E-state index contributed by atoms with van der Waals surface area (Å²) < 4.78 is 5.31. The zero-order valence-corrected chi connectivity index (χ0v) is 13.6. The Kier molecular flexibility index (Phi) is 6.33. The molecule has 1 aliphatic rings. The molecular formula is C17H29N3O. The van der Waals surface area contributed by atoms with E-state index in [1.165, 1.54) is 18.7 Å². The normalized spacial score (nSPS) is 17.8. The van der Waals surface area contributed by atoms with Crippen LogP contribution >= 0.6 is 0 Å². The SMILES string of the molecule is CCNC(C)CCN1CCN(c2cccc(OC)c2)CC1. The number of piperazine rings is 1. The highest BCUT2D eigenvalue weighted by Crippen LogP contribution is 2.22. The van der Waals surface area contributed by atoms with E-state index in [2.05, 4.69) is 47.2 Å². The van der Waals surface area contributed by atoms with Crippen molar-refractivity contribution in [3.05, 3.63) is 24.3 Å². The third-order valence-corrected chi connectivity index (χ3v) is 4.22. The number of hydrogen-bond acceptors (Lipinski definition) is 4. The van der Waals surface area contributed by atoms with E-state index >= 15 is 0 Å². The topological polar surface area (TPSA) is 27.7 Å². The van der Waals surface area contributed by atoms with Crippen LogP contribution in [0.1, 0.15) is 20.3 Å². The third kappa shape index (κ3) is 4.90. The van der Waals surface area contributed by atoms with Gasteiger partial charge in [-0.3, -0.25) is 4.90 Å². The minimum absolute atomic E-state index is 0.617. The Balaban J connectivity index is 1.77. The molecule has 1 fully saturated rings. The monoisotopic (exact) mass is 291 g/mol. The van der Waals surface area contributed by atoms with Crippen LogP contribution in [0.4, 0.5) is 5.69 Å². The van der Waals surface area contributed by atoms with Gasteiger partial charge in [0.1, 0.15) is 5.75 Å². The first-order chi connectivity index (χ1) is 10.2. The molecule has 118 valence electrons. The van der Waals surface area contributed by atoms with Crippen molar-refractivity contribution < 1.29 is 4.74 Å². The summed E-state index contributed by atoms with van der Waals surface area (Å²) in [5.41, 5.74) is 1.27. The molecule has 21 heavy (non-hydrogen) atoms. The molecule has 0 spiro atoms. The van der Waals surface area contributed by atoms with Crippen LogP contribution in [0.25, 0.3) is 0 Å². The van der Waals surface area contributed by atoms with Crippen molar-refractivity contribution in [2.24, 2.45) is 0 Å². The fourth-order valence-corrected chi connectivity index (χ4v) is 2.86. The van der Waals surface area contributed by atoms with Gasteiger partial charge in [-0.05, 0) is 38.6 Å². The summed E-state index contributed by atoms with van der Waals surface area (Å²) in [5, 5.41) is 3.48. The molecule has 2 rings (SSSR count). The average molecular weight is 291 g/mol. The van der Waals surface area contributed by atoms with E-state index in [0.29, 0.717) is 6.04 Å². The number of nitrogens with zero attached hydrogens (tertiary/aromatic N) is 2. The van der Waals surface area contributed by atoms with Crippen molar-refractivity contribution in [1.82, 2.24) is 10.2 Å². The van der Waals surface area contributed by atoms with Gasteiger partial charge >= 0.3 is 0 Å². The third-order valence-electron chi connectivity index (χ3n) is 4.22. The van der Waals surface area contributed by atoms with E-state index in [1.807, 2.05) is 6.07 Å². The quantitative estimate of drug-likeness (QED) is 0.833. The van der Waals surface area contributed by atoms with Gasteiger partial charge in [-0.25, -0.2) is 0 Å². The first-order valence-electron chi connectivity index (χ1n) is 8.07. The molecule has 1 saturated heterocycles. The summed E-state index contributed by atoms with van der Waals surface area (Å²) in [4.78, 5) is 5.03. The Hall–Kier alpha value is -1.26. The van der Waals surface area contributed by atoms with E-state index in [0.717, 1.165) is 38.5 Å². The van der Waals surface area contributed by atoms with E-state index in [4.69, 9.17) is 4.74 Å². The molecule has 0 radical (unpaired) electrons. The number of methoxy groups -OCH3 is 1. The lowest BCUT2D eigenvalue weighted by atomic mass is 10.2. The van der Waals surface area contributed by atoms with Gasteiger partial charge in [0.25, 0.3) is 0 Å². The fraction of sp³-hybridized carbons (Fsp3) is 0.647. The molecule has 1 unspecified atom stereocenters. The lowest BCUT2D eigenvalue weighted by Gasteiger charge is -2.36. The van der Waals surface area contributed by atoms with Gasteiger partial charge in [0, 0.05) is 44.0 Å².